The average molecular weight is 1060 g/mol. The zero-order chi connectivity index (χ0) is 47.3. The van der Waals surface area contributed by atoms with E-state index in [9.17, 15) is 0 Å². The summed E-state index contributed by atoms with van der Waals surface area (Å²) in [5.74, 6) is 0. The zero-order valence-corrected chi connectivity index (χ0v) is 43.6. The molecule has 0 heterocycles. The summed E-state index contributed by atoms with van der Waals surface area (Å²) < 4.78 is 1.20. The van der Waals surface area contributed by atoms with E-state index in [0.29, 0.717) is 0 Å². The van der Waals surface area contributed by atoms with Crippen molar-refractivity contribution in [3.63, 3.8) is 0 Å². The molecule has 0 aromatic heterocycles. The second-order valence-electron chi connectivity index (χ2n) is 17.6. The molecule has 11 aromatic rings. The van der Waals surface area contributed by atoms with Crippen molar-refractivity contribution in [2.45, 2.75) is 0 Å². The molecular formula is C66H52IP3+2. The first-order valence-electron chi connectivity index (χ1n) is 23.9. The van der Waals surface area contributed by atoms with Gasteiger partial charge >= 0.3 is 432 Å². The van der Waals surface area contributed by atoms with E-state index in [1.54, 1.807) is 0 Å². The van der Waals surface area contributed by atoms with E-state index < -0.39 is 21.1 Å². The summed E-state index contributed by atoms with van der Waals surface area (Å²) >= 11 is 2.49. The third-order valence-electron chi connectivity index (χ3n) is 14.2. The van der Waals surface area contributed by atoms with Crippen LogP contribution in [-0.2, 0) is 0 Å². The summed E-state index contributed by atoms with van der Waals surface area (Å²) in [6, 6.07) is 121. The summed E-state index contributed by atoms with van der Waals surface area (Å²) in [7, 11) is -5.48. The molecule has 0 aliphatic rings. The minimum absolute atomic E-state index is 1.20. The molecule has 11 rings (SSSR count). The molecule has 0 atom stereocenters. The topological polar surface area (TPSA) is 0 Å². The van der Waals surface area contributed by atoms with Gasteiger partial charge in [-0.3, -0.25) is 0 Å². The standard InChI is InChI=1S/C66H52IP3/c67-53-46-49-64(50-47-53)70(61-40-22-7-23-41-61,62-42-24-8-25-43-62,63-44-26-9-27-45-63)66-52-60(68(54-28-10-1-11-29-54,55-30-12-2-13-31-55)56-32-14-3-15-33-56)48-51-65(66)69(57-34-16-4-17-35-57,58-36-18-5-19-37-58)59-38-20-6-21-39-59/h1-52H/q+2. The van der Waals surface area contributed by atoms with Gasteiger partial charge in [0.2, 0.25) is 0 Å². The Morgan fingerprint density at radius 2 is 0.486 bits per heavy atom. The van der Waals surface area contributed by atoms with Crippen LogP contribution in [0.4, 0.5) is 0 Å². The van der Waals surface area contributed by atoms with Crippen LogP contribution in [0, 0.1) is 3.57 Å². The fraction of sp³-hybridized carbons (Fsp3) is 0. The predicted octanol–water partition coefficient (Wildman–Crippen LogP) is 11.0. The van der Waals surface area contributed by atoms with Gasteiger partial charge in [0.25, 0.3) is 0 Å². The number of benzene rings is 11. The van der Waals surface area contributed by atoms with E-state index in [2.05, 4.69) is 338 Å². The molecule has 0 saturated heterocycles. The monoisotopic (exact) mass is 1060 g/mol. The van der Waals surface area contributed by atoms with E-state index >= 15 is 0 Å². The SMILES string of the molecule is Ic1ccc(P(c2ccccc2)(c2ccccc2)(c2ccccc2)c2cc([P+](c3ccccc3)(c3ccccc3)c3ccccc3)ccc2[P+](c2ccccc2)(c2ccccc2)c2ccccc2)cc1. The number of halogens is 1. The van der Waals surface area contributed by atoms with Gasteiger partial charge in [0.1, 0.15) is 0 Å². The van der Waals surface area contributed by atoms with Gasteiger partial charge in [-0.1, -0.05) is 0 Å². The second kappa shape index (κ2) is 19.7. The molecule has 0 unspecified atom stereocenters. The number of hydrogen-bond acceptors (Lipinski definition) is 0. The Labute approximate surface area is 428 Å². The Hall–Kier alpha value is -6.56. The van der Waals surface area contributed by atoms with Crippen molar-refractivity contribution in [3.8, 4) is 0 Å². The van der Waals surface area contributed by atoms with Crippen molar-refractivity contribution in [3.05, 3.63) is 319 Å². The maximum absolute atomic E-state index is 4.25. The van der Waals surface area contributed by atoms with Gasteiger partial charge in [-0.05, 0) is 0 Å². The average Bonchev–Trinajstić information content (AvgIpc) is 3.45. The predicted molar refractivity (Wildman–Crippen MR) is 320 cm³/mol. The van der Waals surface area contributed by atoms with Crippen LogP contribution >= 0.6 is 43.7 Å². The first-order valence-corrected chi connectivity index (χ1v) is 30.7. The van der Waals surface area contributed by atoms with E-state index in [1.807, 2.05) is 0 Å². The molecule has 0 amide bonds. The molecule has 0 aliphatic carbocycles. The minimum atomic E-state index is -4.25. The third-order valence-corrected chi connectivity index (χ3v) is 30.4. The Kier molecular flexibility index (Phi) is 12.9. The molecule has 0 spiro atoms. The van der Waals surface area contributed by atoms with Crippen molar-refractivity contribution in [2.24, 2.45) is 0 Å². The first kappa shape index (κ1) is 45.9. The molecule has 336 valence electrons. The van der Waals surface area contributed by atoms with Crippen molar-refractivity contribution >= 4 is 113 Å². The summed E-state index contributed by atoms with van der Waals surface area (Å²) in [6.45, 7) is -4.25. The van der Waals surface area contributed by atoms with Crippen molar-refractivity contribution in [2.75, 3.05) is 0 Å². The van der Waals surface area contributed by atoms with Crippen LogP contribution in [0.2, 0.25) is 0 Å². The second-order valence-corrected chi connectivity index (χ2v) is 30.4. The van der Waals surface area contributed by atoms with Crippen LogP contribution in [-0.4, -0.2) is 0 Å². The van der Waals surface area contributed by atoms with Crippen molar-refractivity contribution in [1.29, 1.82) is 0 Å². The number of hydrogen-bond donors (Lipinski definition) is 0. The maximum atomic E-state index is 2.75. The molecular weight excluding hydrogens is 1010 g/mol. The fourth-order valence-electron chi connectivity index (χ4n) is 11.4. The van der Waals surface area contributed by atoms with Gasteiger partial charge in [-0.15, -0.1) is 0 Å². The molecule has 4 heteroatoms. The number of rotatable bonds is 13. The molecule has 0 N–H and O–H groups in total. The Bertz CT molecular complexity index is 3160. The van der Waals surface area contributed by atoms with Gasteiger partial charge in [0, 0.05) is 0 Å². The van der Waals surface area contributed by atoms with Gasteiger partial charge in [0.15, 0.2) is 0 Å². The molecule has 0 aliphatic heterocycles. The molecule has 70 heavy (non-hydrogen) atoms. The van der Waals surface area contributed by atoms with Crippen LogP contribution < -0.4 is 69.0 Å². The Morgan fingerprint density at radius 1 is 0.229 bits per heavy atom. The van der Waals surface area contributed by atoms with Crippen molar-refractivity contribution < 1.29 is 0 Å². The van der Waals surface area contributed by atoms with Crippen LogP contribution in [0.3, 0.4) is 0 Å². The van der Waals surface area contributed by atoms with E-state index in [4.69, 9.17) is 0 Å². The van der Waals surface area contributed by atoms with Gasteiger partial charge < -0.3 is 0 Å². The van der Waals surface area contributed by atoms with Crippen LogP contribution in [0.1, 0.15) is 0 Å². The van der Waals surface area contributed by atoms with Crippen molar-refractivity contribution in [1.82, 2.24) is 0 Å². The van der Waals surface area contributed by atoms with E-state index in [-0.39, 0.29) is 0 Å². The molecule has 0 fully saturated rings. The fourth-order valence-corrected chi connectivity index (χ4v) is 28.4. The normalized spacial score (nSPS) is 12.4. The molecule has 0 nitrogen and oxygen atoms in total. The Balaban J connectivity index is 1.49. The summed E-state index contributed by atoms with van der Waals surface area (Å²) in [6.07, 6.45) is 0. The van der Waals surface area contributed by atoms with Gasteiger partial charge in [0.05, 0.1) is 0 Å². The van der Waals surface area contributed by atoms with Crippen LogP contribution in [0.15, 0.2) is 315 Å². The summed E-state index contributed by atoms with van der Waals surface area (Å²) in [5, 5.41) is 17.1. The van der Waals surface area contributed by atoms with Gasteiger partial charge in [-0.2, -0.15) is 0 Å². The summed E-state index contributed by atoms with van der Waals surface area (Å²) in [5.41, 5.74) is 0. The zero-order valence-electron chi connectivity index (χ0n) is 38.7. The third kappa shape index (κ3) is 7.21. The molecule has 0 bridgehead atoms. The molecule has 0 radical (unpaired) electrons. The molecule has 0 saturated carbocycles. The van der Waals surface area contributed by atoms with Crippen LogP contribution in [0.5, 0.6) is 0 Å². The quantitative estimate of drug-likeness (QED) is 0.0797. The van der Waals surface area contributed by atoms with Gasteiger partial charge in [-0.25, -0.2) is 0 Å². The molecule has 11 aromatic carbocycles. The van der Waals surface area contributed by atoms with Crippen LogP contribution in [0.25, 0.3) is 0 Å². The van der Waals surface area contributed by atoms with E-state index in [1.165, 1.54) is 72.5 Å². The Morgan fingerprint density at radius 3 is 0.786 bits per heavy atom. The first-order chi connectivity index (χ1) is 34.6. The summed E-state index contributed by atoms with van der Waals surface area (Å²) in [4.78, 5) is 0. The van der Waals surface area contributed by atoms with E-state index in [0.717, 1.165) is 0 Å².